The van der Waals surface area contributed by atoms with Crippen LogP contribution in [0.5, 0.6) is 11.5 Å². The van der Waals surface area contributed by atoms with Crippen LogP contribution in [0.2, 0.25) is 0 Å². The minimum atomic E-state index is -0.0174. The molecule has 5 rings (SSSR count). The van der Waals surface area contributed by atoms with Gasteiger partial charge in [-0.2, -0.15) is 0 Å². The minimum absolute atomic E-state index is 0.0174. The van der Waals surface area contributed by atoms with Crippen LogP contribution >= 0.6 is 0 Å². The lowest BCUT2D eigenvalue weighted by molar-refractivity contribution is 0.0737. The van der Waals surface area contributed by atoms with Crippen LogP contribution in [0.4, 0.5) is 11.5 Å². The first-order valence-corrected chi connectivity index (χ1v) is 11.9. The molecule has 186 valence electrons. The van der Waals surface area contributed by atoms with Crippen molar-refractivity contribution in [1.29, 1.82) is 0 Å². The van der Waals surface area contributed by atoms with Gasteiger partial charge < -0.3 is 29.6 Å². The Bertz CT molecular complexity index is 1400. The number of carbonyl (C=O) groups excluding carboxylic acids is 1. The number of benzene rings is 2. The second kappa shape index (κ2) is 9.87. The highest BCUT2D eigenvalue weighted by molar-refractivity contribution is 5.95. The molecule has 2 aromatic carbocycles. The minimum Gasteiger partial charge on any atom is -0.496 e. The summed E-state index contributed by atoms with van der Waals surface area (Å²) in [5.74, 6) is 1.89. The number of hydrogen-bond acceptors (Lipinski definition) is 7. The summed E-state index contributed by atoms with van der Waals surface area (Å²) in [6.45, 7) is 1.89. The standard InChI is InChI=1S/C27H30N6O3/c1-32-11-10-18(16-32)33(2)27(34)17-8-9-21(25(12-17)36-4)30-26-15-28-14-23(31-26)22-13-19-20(29-22)6-5-7-24(19)35-3/h5-9,12-15,18,29H,10-11,16H2,1-4H3,(H,30,31). The van der Waals surface area contributed by atoms with Crippen molar-refractivity contribution in [2.24, 2.45) is 0 Å². The zero-order valence-electron chi connectivity index (χ0n) is 20.9. The summed E-state index contributed by atoms with van der Waals surface area (Å²) < 4.78 is 11.1. The molecular weight excluding hydrogens is 456 g/mol. The number of likely N-dealkylation sites (tertiary alicyclic amines) is 1. The van der Waals surface area contributed by atoms with E-state index in [0.29, 0.717) is 28.5 Å². The Morgan fingerprint density at radius 3 is 2.72 bits per heavy atom. The zero-order chi connectivity index (χ0) is 25.2. The van der Waals surface area contributed by atoms with Gasteiger partial charge in [-0.1, -0.05) is 6.07 Å². The molecule has 4 aromatic rings. The fourth-order valence-electron chi connectivity index (χ4n) is 4.66. The summed E-state index contributed by atoms with van der Waals surface area (Å²) in [6, 6.07) is 13.5. The number of likely N-dealkylation sites (N-methyl/N-ethyl adjacent to an activating group) is 2. The van der Waals surface area contributed by atoms with Crippen LogP contribution in [-0.4, -0.2) is 78.1 Å². The van der Waals surface area contributed by atoms with Crippen molar-refractivity contribution in [1.82, 2.24) is 24.8 Å². The topological polar surface area (TPSA) is 95.6 Å². The first-order chi connectivity index (χ1) is 17.5. The number of ether oxygens (including phenoxy) is 2. The number of aromatic amines is 1. The number of aromatic nitrogens is 3. The third-order valence-corrected chi connectivity index (χ3v) is 6.70. The Labute approximate surface area is 210 Å². The number of carbonyl (C=O) groups is 1. The summed E-state index contributed by atoms with van der Waals surface area (Å²) in [7, 11) is 7.19. The monoisotopic (exact) mass is 486 g/mol. The lowest BCUT2D eigenvalue weighted by atomic mass is 10.1. The highest BCUT2D eigenvalue weighted by Crippen LogP contribution is 2.32. The van der Waals surface area contributed by atoms with E-state index in [2.05, 4.69) is 27.2 Å². The Hall–Kier alpha value is -4.11. The number of amides is 1. The van der Waals surface area contributed by atoms with E-state index in [-0.39, 0.29) is 11.9 Å². The van der Waals surface area contributed by atoms with Crippen LogP contribution in [0.25, 0.3) is 22.3 Å². The molecule has 0 spiro atoms. The maximum absolute atomic E-state index is 13.1. The Kier molecular flexibility index (Phi) is 6.47. The molecule has 9 heteroatoms. The van der Waals surface area contributed by atoms with Crippen LogP contribution in [0, 0.1) is 0 Å². The second-order valence-corrected chi connectivity index (χ2v) is 9.05. The highest BCUT2D eigenvalue weighted by atomic mass is 16.5. The molecule has 0 bridgehead atoms. The fraction of sp³-hybridized carbons (Fsp3) is 0.296. The van der Waals surface area contributed by atoms with Gasteiger partial charge in [0.25, 0.3) is 5.91 Å². The molecular formula is C27H30N6O3. The average molecular weight is 487 g/mol. The number of rotatable bonds is 7. The van der Waals surface area contributed by atoms with Gasteiger partial charge in [-0.25, -0.2) is 4.98 Å². The Balaban J connectivity index is 1.37. The first kappa shape index (κ1) is 23.6. The third kappa shape index (κ3) is 4.57. The molecule has 1 aliphatic rings. The number of H-pyrrole nitrogens is 1. The SMILES string of the molecule is COc1cc(C(=O)N(C)C2CCN(C)C2)ccc1Nc1cncc(-c2cc3c(OC)cccc3[nH]2)n1. The van der Waals surface area contributed by atoms with Gasteiger partial charge in [0, 0.05) is 36.1 Å². The molecule has 1 unspecified atom stereocenters. The number of nitrogens with zero attached hydrogens (tertiary/aromatic N) is 4. The average Bonchev–Trinajstić information content (AvgIpc) is 3.54. The predicted molar refractivity (Wildman–Crippen MR) is 140 cm³/mol. The molecule has 1 saturated heterocycles. The van der Waals surface area contributed by atoms with Gasteiger partial charge in [0.2, 0.25) is 0 Å². The van der Waals surface area contributed by atoms with E-state index in [0.717, 1.165) is 41.9 Å². The van der Waals surface area contributed by atoms with Crippen LogP contribution in [-0.2, 0) is 0 Å². The van der Waals surface area contributed by atoms with E-state index < -0.39 is 0 Å². The normalized spacial score (nSPS) is 15.7. The molecule has 1 fully saturated rings. The van der Waals surface area contributed by atoms with Gasteiger partial charge in [0.05, 0.1) is 38.0 Å². The molecule has 1 aliphatic heterocycles. The van der Waals surface area contributed by atoms with Gasteiger partial charge in [-0.15, -0.1) is 0 Å². The van der Waals surface area contributed by atoms with E-state index >= 15 is 0 Å². The van der Waals surface area contributed by atoms with Gasteiger partial charge in [-0.3, -0.25) is 9.78 Å². The number of nitrogens with one attached hydrogen (secondary N) is 2. The van der Waals surface area contributed by atoms with Crippen molar-refractivity contribution in [2.45, 2.75) is 12.5 Å². The van der Waals surface area contributed by atoms with E-state index in [1.165, 1.54) is 0 Å². The van der Waals surface area contributed by atoms with Crippen LogP contribution in [0.1, 0.15) is 16.8 Å². The molecule has 0 radical (unpaired) electrons. The summed E-state index contributed by atoms with van der Waals surface area (Å²) >= 11 is 0. The molecule has 0 aliphatic carbocycles. The molecule has 2 N–H and O–H groups in total. The Morgan fingerprint density at radius 2 is 1.97 bits per heavy atom. The van der Waals surface area contributed by atoms with Gasteiger partial charge >= 0.3 is 0 Å². The van der Waals surface area contributed by atoms with Gasteiger partial charge in [-0.05, 0) is 56.4 Å². The van der Waals surface area contributed by atoms with Crippen LogP contribution < -0.4 is 14.8 Å². The summed E-state index contributed by atoms with van der Waals surface area (Å²) in [6.07, 6.45) is 4.33. The molecule has 1 amide bonds. The van der Waals surface area contributed by atoms with E-state index in [1.807, 2.05) is 48.3 Å². The maximum atomic E-state index is 13.1. The number of anilines is 2. The second-order valence-electron chi connectivity index (χ2n) is 9.05. The van der Waals surface area contributed by atoms with Crippen molar-refractivity contribution in [3.63, 3.8) is 0 Å². The largest absolute Gasteiger partial charge is 0.496 e. The van der Waals surface area contributed by atoms with Crippen LogP contribution in [0.3, 0.4) is 0 Å². The molecule has 0 saturated carbocycles. The third-order valence-electron chi connectivity index (χ3n) is 6.70. The summed E-state index contributed by atoms with van der Waals surface area (Å²) in [5, 5.41) is 4.26. The Morgan fingerprint density at radius 1 is 1.14 bits per heavy atom. The van der Waals surface area contributed by atoms with E-state index in [9.17, 15) is 4.79 Å². The van der Waals surface area contributed by atoms with Crippen molar-refractivity contribution in [3.05, 3.63) is 60.4 Å². The zero-order valence-corrected chi connectivity index (χ0v) is 20.9. The fourth-order valence-corrected chi connectivity index (χ4v) is 4.66. The van der Waals surface area contributed by atoms with Gasteiger partial charge in [0.1, 0.15) is 23.0 Å². The van der Waals surface area contributed by atoms with Crippen molar-refractivity contribution >= 4 is 28.3 Å². The molecule has 9 nitrogen and oxygen atoms in total. The summed E-state index contributed by atoms with van der Waals surface area (Å²) in [5.41, 5.74) is 3.76. The quantitative estimate of drug-likeness (QED) is 0.405. The number of fused-ring (bicyclic) bond motifs is 1. The van der Waals surface area contributed by atoms with Gasteiger partial charge in [0.15, 0.2) is 0 Å². The first-order valence-electron chi connectivity index (χ1n) is 11.9. The lowest BCUT2D eigenvalue weighted by Gasteiger charge is -2.25. The molecule has 2 aromatic heterocycles. The number of hydrogen-bond donors (Lipinski definition) is 2. The van der Waals surface area contributed by atoms with E-state index in [4.69, 9.17) is 14.5 Å². The lowest BCUT2D eigenvalue weighted by Crippen LogP contribution is -2.38. The predicted octanol–water partition coefficient (Wildman–Crippen LogP) is 4.16. The van der Waals surface area contributed by atoms with Crippen molar-refractivity contribution < 1.29 is 14.3 Å². The van der Waals surface area contributed by atoms with E-state index in [1.54, 1.807) is 32.7 Å². The molecule has 3 heterocycles. The summed E-state index contributed by atoms with van der Waals surface area (Å²) in [4.78, 5) is 29.6. The smallest absolute Gasteiger partial charge is 0.254 e. The maximum Gasteiger partial charge on any atom is 0.254 e. The van der Waals surface area contributed by atoms with Crippen LogP contribution in [0.15, 0.2) is 54.9 Å². The van der Waals surface area contributed by atoms with Crippen molar-refractivity contribution in [2.75, 3.05) is 46.7 Å². The molecule has 1 atom stereocenters. The number of methoxy groups -OCH3 is 2. The molecule has 36 heavy (non-hydrogen) atoms. The highest BCUT2D eigenvalue weighted by Gasteiger charge is 2.27. The van der Waals surface area contributed by atoms with Crippen molar-refractivity contribution in [3.8, 4) is 22.9 Å².